The van der Waals surface area contributed by atoms with Crippen LogP contribution in [0.2, 0.25) is 0 Å². The van der Waals surface area contributed by atoms with E-state index in [-0.39, 0.29) is 35.8 Å². The summed E-state index contributed by atoms with van der Waals surface area (Å²) >= 11 is 3.31. The first-order valence-corrected chi connectivity index (χ1v) is 9.57. The topological polar surface area (TPSA) is 107 Å². The molecule has 1 aliphatic heterocycles. The van der Waals surface area contributed by atoms with E-state index >= 15 is 0 Å². The zero-order valence-electron chi connectivity index (χ0n) is 15.0. The van der Waals surface area contributed by atoms with Crippen LogP contribution in [0.4, 0.5) is 0 Å². The van der Waals surface area contributed by atoms with Crippen molar-refractivity contribution in [2.24, 2.45) is 0 Å². The summed E-state index contributed by atoms with van der Waals surface area (Å²) in [6, 6.07) is 8.90. The number of phenols is 2. The van der Waals surface area contributed by atoms with Crippen LogP contribution in [0, 0.1) is 0 Å². The van der Waals surface area contributed by atoms with Crippen LogP contribution in [-0.4, -0.2) is 51.2 Å². The number of ketones is 1. The molecule has 3 rings (SSSR count). The Bertz CT molecular complexity index is 860. The van der Waals surface area contributed by atoms with E-state index in [0.29, 0.717) is 18.7 Å². The minimum absolute atomic E-state index is 0.0957. The molecule has 0 amide bonds. The Kier molecular flexibility index (Phi) is 6.21. The highest BCUT2D eigenvalue weighted by atomic mass is 79.9. The number of phenolic OH excluding ortho intramolecular Hbond substituents is 2. The number of aromatic hydroxyl groups is 2. The number of Topliss-reactive ketones (excluding diaryl/α,β-unsaturated/α-hetero) is 1. The number of rotatable bonds is 7. The van der Waals surface area contributed by atoms with Gasteiger partial charge in [0.25, 0.3) is 0 Å². The van der Waals surface area contributed by atoms with Crippen LogP contribution in [0.25, 0.3) is 0 Å². The first-order chi connectivity index (χ1) is 13.3. The van der Waals surface area contributed by atoms with Crippen LogP contribution in [0.3, 0.4) is 0 Å². The van der Waals surface area contributed by atoms with Crippen molar-refractivity contribution >= 4 is 27.7 Å². The van der Waals surface area contributed by atoms with E-state index in [1.807, 2.05) is 0 Å². The van der Waals surface area contributed by atoms with Crippen LogP contribution in [0.5, 0.6) is 17.2 Å². The SMILES string of the molecule is O=C(COc1ccc(Br)cc1)c1cc(O)c(CN2CCC[C@@H]2C(=O)O)c(O)c1. The van der Waals surface area contributed by atoms with Crippen molar-refractivity contribution < 1.29 is 29.6 Å². The van der Waals surface area contributed by atoms with Gasteiger partial charge in [0, 0.05) is 22.1 Å². The highest BCUT2D eigenvalue weighted by molar-refractivity contribution is 9.10. The molecule has 2 aromatic rings. The van der Waals surface area contributed by atoms with Crippen molar-refractivity contribution in [1.29, 1.82) is 0 Å². The summed E-state index contributed by atoms with van der Waals surface area (Å²) in [6.07, 6.45) is 1.27. The molecule has 0 aliphatic carbocycles. The standard InChI is InChI=1S/C20H20BrNO6/c21-13-3-5-14(6-4-13)28-11-19(25)12-8-17(23)15(18(24)9-12)10-22-7-1-2-16(22)20(26)27/h3-6,8-9,16,23-24H,1-2,7,10-11H2,(H,26,27)/t16-/m1/s1. The van der Waals surface area contributed by atoms with Crippen molar-refractivity contribution in [2.75, 3.05) is 13.2 Å². The quantitative estimate of drug-likeness (QED) is 0.557. The Balaban J connectivity index is 1.69. The van der Waals surface area contributed by atoms with Crippen LogP contribution >= 0.6 is 15.9 Å². The number of hydrogen-bond donors (Lipinski definition) is 3. The highest BCUT2D eigenvalue weighted by Gasteiger charge is 2.31. The van der Waals surface area contributed by atoms with E-state index in [1.54, 1.807) is 29.2 Å². The maximum Gasteiger partial charge on any atom is 0.320 e. The second kappa shape index (κ2) is 8.62. The van der Waals surface area contributed by atoms with Gasteiger partial charge in [-0.2, -0.15) is 0 Å². The number of carbonyl (C=O) groups is 2. The van der Waals surface area contributed by atoms with Gasteiger partial charge in [-0.15, -0.1) is 0 Å². The number of nitrogens with zero attached hydrogens (tertiary/aromatic N) is 1. The first kappa shape index (κ1) is 20.2. The van der Waals surface area contributed by atoms with Gasteiger partial charge >= 0.3 is 5.97 Å². The minimum Gasteiger partial charge on any atom is -0.507 e. The number of carbonyl (C=O) groups excluding carboxylic acids is 1. The monoisotopic (exact) mass is 449 g/mol. The molecule has 7 nitrogen and oxygen atoms in total. The fourth-order valence-corrected chi connectivity index (χ4v) is 3.49. The van der Waals surface area contributed by atoms with E-state index in [2.05, 4.69) is 15.9 Å². The molecule has 3 N–H and O–H groups in total. The number of likely N-dealkylation sites (tertiary alicyclic amines) is 1. The lowest BCUT2D eigenvalue weighted by molar-refractivity contribution is -0.142. The predicted molar refractivity (Wildman–Crippen MR) is 105 cm³/mol. The van der Waals surface area contributed by atoms with Crippen molar-refractivity contribution in [2.45, 2.75) is 25.4 Å². The number of ether oxygens (including phenoxy) is 1. The molecule has 28 heavy (non-hydrogen) atoms. The summed E-state index contributed by atoms with van der Waals surface area (Å²) in [6.45, 7) is 0.420. The number of carboxylic acid groups (broad SMARTS) is 1. The molecule has 1 heterocycles. The van der Waals surface area contributed by atoms with Gasteiger partial charge in [0.15, 0.2) is 12.4 Å². The molecule has 1 aliphatic rings. The highest BCUT2D eigenvalue weighted by Crippen LogP contribution is 2.32. The number of benzene rings is 2. The van der Waals surface area contributed by atoms with E-state index in [9.17, 15) is 24.9 Å². The molecule has 1 fully saturated rings. The Morgan fingerprint density at radius 2 is 1.79 bits per heavy atom. The Morgan fingerprint density at radius 1 is 1.14 bits per heavy atom. The second-order valence-electron chi connectivity index (χ2n) is 6.63. The molecule has 8 heteroatoms. The van der Waals surface area contributed by atoms with Crippen molar-refractivity contribution in [3.05, 3.63) is 52.0 Å². The molecular weight excluding hydrogens is 430 g/mol. The molecule has 2 aromatic carbocycles. The Morgan fingerprint density at radius 3 is 2.39 bits per heavy atom. The molecule has 0 unspecified atom stereocenters. The normalized spacial score (nSPS) is 16.8. The van der Waals surface area contributed by atoms with Gasteiger partial charge in [-0.25, -0.2) is 0 Å². The smallest absolute Gasteiger partial charge is 0.320 e. The zero-order chi connectivity index (χ0) is 20.3. The first-order valence-electron chi connectivity index (χ1n) is 8.78. The van der Waals surface area contributed by atoms with E-state index < -0.39 is 17.8 Å². The van der Waals surface area contributed by atoms with Gasteiger partial charge < -0.3 is 20.1 Å². The molecule has 0 saturated carbocycles. The molecule has 148 valence electrons. The molecule has 1 saturated heterocycles. The fraction of sp³-hybridized carbons (Fsp3) is 0.300. The summed E-state index contributed by atoms with van der Waals surface area (Å²) in [5, 5.41) is 29.8. The predicted octanol–water partition coefficient (Wildman–Crippen LogP) is 3.17. The zero-order valence-corrected chi connectivity index (χ0v) is 16.6. The fourth-order valence-electron chi connectivity index (χ4n) is 3.23. The third-order valence-electron chi connectivity index (χ3n) is 4.72. The molecule has 1 atom stereocenters. The second-order valence-corrected chi connectivity index (χ2v) is 7.54. The largest absolute Gasteiger partial charge is 0.507 e. The molecule has 0 bridgehead atoms. The average Bonchev–Trinajstić information content (AvgIpc) is 3.12. The maximum absolute atomic E-state index is 12.3. The van der Waals surface area contributed by atoms with Crippen molar-refractivity contribution in [3.8, 4) is 17.2 Å². The average molecular weight is 450 g/mol. The molecule has 0 radical (unpaired) electrons. The van der Waals surface area contributed by atoms with Crippen LogP contribution in [0.1, 0.15) is 28.8 Å². The maximum atomic E-state index is 12.3. The number of carboxylic acids is 1. The lowest BCUT2D eigenvalue weighted by atomic mass is 10.0. The van der Waals surface area contributed by atoms with Gasteiger partial charge in [0.1, 0.15) is 23.3 Å². The number of halogens is 1. The van der Waals surface area contributed by atoms with Crippen molar-refractivity contribution in [3.63, 3.8) is 0 Å². The third-order valence-corrected chi connectivity index (χ3v) is 5.25. The van der Waals surface area contributed by atoms with E-state index in [1.165, 1.54) is 12.1 Å². The molecular formula is C20H20BrNO6. The number of aliphatic carboxylic acids is 1. The summed E-state index contributed by atoms with van der Waals surface area (Å²) in [5.74, 6) is -1.29. The van der Waals surface area contributed by atoms with Gasteiger partial charge in [-0.3, -0.25) is 14.5 Å². The third kappa shape index (κ3) is 4.63. The van der Waals surface area contributed by atoms with Crippen LogP contribution < -0.4 is 4.74 Å². The summed E-state index contributed by atoms with van der Waals surface area (Å²) in [5.41, 5.74) is 0.325. The number of hydrogen-bond acceptors (Lipinski definition) is 6. The lowest BCUT2D eigenvalue weighted by Gasteiger charge is -2.22. The van der Waals surface area contributed by atoms with E-state index in [0.717, 1.165) is 10.9 Å². The Hall–Kier alpha value is -2.58. The van der Waals surface area contributed by atoms with Gasteiger partial charge in [0.05, 0.1) is 0 Å². The lowest BCUT2D eigenvalue weighted by Crippen LogP contribution is -2.35. The Labute approximate surface area is 170 Å². The minimum atomic E-state index is -0.923. The van der Waals surface area contributed by atoms with Gasteiger partial charge in [0.2, 0.25) is 0 Å². The van der Waals surface area contributed by atoms with Gasteiger partial charge in [-0.1, -0.05) is 15.9 Å². The van der Waals surface area contributed by atoms with Crippen LogP contribution in [0.15, 0.2) is 40.9 Å². The summed E-state index contributed by atoms with van der Waals surface area (Å²) in [4.78, 5) is 25.3. The summed E-state index contributed by atoms with van der Waals surface area (Å²) < 4.78 is 6.32. The molecule has 0 spiro atoms. The van der Waals surface area contributed by atoms with Crippen molar-refractivity contribution in [1.82, 2.24) is 4.90 Å². The van der Waals surface area contributed by atoms with Gasteiger partial charge in [-0.05, 0) is 55.8 Å². The molecule has 0 aromatic heterocycles. The summed E-state index contributed by atoms with van der Waals surface area (Å²) in [7, 11) is 0. The van der Waals surface area contributed by atoms with E-state index in [4.69, 9.17) is 4.74 Å². The van der Waals surface area contributed by atoms with Crippen LogP contribution in [-0.2, 0) is 11.3 Å².